The number of hydrogen-bond donors (Lipinski definition) is 1. The van der Waals surface area contributed by atoms with Crippen molar-refractivity contribution >= 4 is 22.9 Å². The highest BCUT2D eigenvalue weighted by Crippen LogP contribution is 2.43. The second-order valence-electron chi connectivity index (χ2n) is 6.69. The number of anilines is 1. The molecule has 1 saturated carbocycles. The smallest absolute Gasteiger partial charge is 0.232 e. The number of amides is 1. The maximum Gasteiger partial charge on any atom is 0.232 e. The van der Waals surface area contributed by atoms with Crippen molar-refractivity contribution in [1.29, 1.82) is 0 Å². The molecule has 0 atom stereocenters. The minimum Gasteiger partial charge on any atom is -0.378 e. The summed E-state index contributed by atoms with van der Waals surface area (Å²) in [6, 6.07) is 12.2. The van der Waals surface area contributed by atoms with Gasteiger partial charge in [-0.15, -0.1) is 11.3 Å². The third kappa shape index (κ3) is 3.88. The van der Waals surface area contributed by atoms with Crippen LogP contribution in [0.3, 0.4) is 0 Å². The molecular weight excluding hydrogens is 328 g/mol. The lowest BCUT2D eigenvalue weighted by molar-refractivity contribution is -0.126. The number of benzene rings is 1. The molecule has 1 aliphatic rings. The van der Waals surface area contributed by atoms with Crippen molar-refractivity contribution in [1.82, 2.24) is 5.32 Å². The van der Waals surface area contributed by atoms with E-state index in [1.807, 2.05) is 44.4 Å². The van der Waals surface area contributed by atoms with Crippen LogP contribution < -0.4 is 10.2 Å². The summed E-state index contributed by atoms with van der Waals surface area (Å²) < 4.78 is 0. The van der Waals surface area contributed by atoms with Gasteiger partial charge in [-0.05, 0) is 48.6 Å². The van der Waals surface area contributed by atoms with Gasteiger partial charge in [0.2, 0.25) is 5.91 Å². The normalized spacial score (nSPS) is 15.3. The fourth-order valence-corrected chi connectivity index (χ4v) is 4.38. The average Bonchev–Trinajstić information content (AvgIpc) is 3.30. The fraction of sp³-hybridized carbons (Fsp3) is 0.381. The van der Waals surface area contributed by atoms with Crippen LogP contribution in [0.25, 0.3) is 0 Å². The minimum atomic E-state index is -0.330. The number of nitrogens with one attached hydrogen (secondary N) is 1. The molecule has 3 nitrogen and oxygen atoms in total. The standard InChI is InChI=1S/C21H24N2OS/c1-23(2)18-11-9-17(10-12-18)7-5-15-22-20(24)21(13-3-4-14-21)19-8-6-16-25-19/h6,8-12,16H,3-4,13-15H2,1-2H3,(H,22,24). The molecule has 4 heteroatoms. The zero-order valence-corrected chi connectivity index (χ0v) is 15.7. The Hall–Kier alpha value is -2.25. The summed E-state index contributed by atoms with van der Waals surface area (Å²) in [6.45, 7) is 0.390. The van der Waals surface area contributed by atoms with Gasteiger partial charge in [-0.3, -0.25) is 4.79 Å². The number of nitrogens with zero attached hydrogens (tertiary/aromatic N) is 1. The van der Waals surface area contributed by atoms with E-state index in [1.165, 1.54) is 4.88 Å². The minimum absolute atomic E-state index is 0.129. The van der Waals surface area contributed by atoms with E-state index >= 15 is 0 Å². The molecule has 0 radical (unpaired) electrons. The second kappa shape index (κ2) is 7.76. The van der Waals surface area contributed by atoms with Crippen molar-refractivity contribution in [3.63, 3.8) is 0 Å². The molecule has 0 unspecified atom stereocenters. The van der Waals surface area contributed by atoms with E-state index < -0.39 is 0 Å². The monoisotopic (exact) mass is 352 g/mol. The van der Waals surface area contributed by atoms with Crippen molar-refractivity contribution in [2.45, 2.75) is 31.1 Å². The largest absolute Gasteiger partial charge is 0.378 e. The SMILES string of the molecule is CN(C)c1ccc(C#CCNC(=O)C2(c3cccs3)CCCC2)cc1. The average molecular weight is 353 g/mol. The van der Waals surface area contributed by atoms with E-state index in [0.717, 1.165) is 36.9 Å². The highest BCUT2D eigenvalue weighted by atomic mass is 32.1. The van der Waals surface area contributed by atoms with Gasteiger partial charge in [0.05, 0.1) is 12.0 Å². The van der Waals surface area contributed by atoms with Crippen molar-refractivity contribution in [2.24, 2.45) is 0 Å². The Morgan fingerprint density at radius 3 is 2.52 bits per heavy atom. The van der Waals surface area contributed by atoms with Gasteiger partial charge in [-0.25, -0.2) is 0 Å². The van der Waals surface area contributed by atoms with Crippen molar-refractivity contribution in [3.05, 3.63) is 52.2 Å². The molecule has 130 valence electrons. The fourth-order valence-electron chi connectivity index (χ4n) is 3.40. The van der Waals surface area contributed by atoms with Gasteiger partial charge in [-0.1, -0.05) is 30.7 Å². The van der Waals surface area contributed by atoms with Crippen LogP contribution in [0.5, 0.6) is 0 Å². The molecule has 1 aromatic heterocycles. The van der Waals surface area contributed by atoms with Gasteiger partial charge in [0.15, 0.2) is 0 Å². The summed E-state index contributed by atoms with van der Waals surface area (Å²) in [4.78, 5) is 16.1. The zero-order valence-electron chi connectivity index (χ0n) is 14.8. The summed E-state index contributed by atoms with van der Waals surface area (Å²) in [7, 11) is 4.03. The van der Waals surface area contributed by atoms with Crippen LogP contribution in [0.15, 0.2) is 41.8 Å². The summed E-state index contributed by atoms with van der Waals surface area (Å²) in [5, 5.41) is 5.09. The molecule has 0 spiro atoms. The van der Waals surface area contributed by atoms with Gasteiger partial charge in [-0.2, -0.15) is 0 Å². The molecule has 1 fully saturated rings. The summed E-state index contributed by atoms with van der Waals surface area (Å²) in [5.41, 5.74) is 1.79. The Kier molecular flexibility index (Phi) is 5.45. The van der Waals surface area contributed by atoms with E-state index in [2.05, 4.69) is 33.5 Å². The van der Waals surface area contributed by atoms with Gasteiger partial charge in [0.1, 0.15) is 0 Å². The van der Waals surface area contributed by atoms with Gasteiger partial charge in [0, 0.05) is 30.2 Å². The molecule has 1 aliphatic carbocycles. The van der Waals surface area contributed by atoms with Crippen molar-refractivity contribution < 1.29 is 4.79 Å². The number of carbonyl (C=O) groups excluding carboxylic acids is 1. The molecule has 1 aromatic carbocycles. The second-order valence-corrected chi connectivity index (χ2v) is 7.64. The number of rotatable bonds is 4. The van der Waals surface area contributed by atoms with E-state index in [4.69, 9.17) is 0 Å². The summed E-state index contributed by atoms with van der Waals surface area (Å²) in [5.74, 6) is 6.33. The first-order valence-electron chi connectivity index (χ1n) is 8.70. The lowest BCUT2D eigenvalue weighted by Gasteiger charge is -2.26. The van der Waals surface area contributed by atoms with Gasteiger partial charge in [0.25, 0.3) is 0 Å². The first-order valence-corrected chi connectivity index (χ1v) is 9.58. The Morgan fingerprint density at radius 2 is 1.92 bits per heavy atom. The Morgan fingerprint density at radius 1 is 1.20 bits per heavy atom. The van der Waals surface area contributed by atoms with Gasteiger partial charge >= 0.3 is 0 Å². The predicted molar refractivity (Wildman–Crippen MR) is 105 cm³/mol. The third-order valence-corrected chi connectivity index (χ3v) is 5.91. The molecule has 2 aromatic rings. The van der Waals surface area contributed by atoms with Crippen LogP contribution in [0, 0.1) is 11.8 Å². The first-order chi connectivity index (χ1) is 12.1. The molecule has 0 aliphatic heterocycles. The number of thiophene rings is 1. The first kappa shape index (κ1) is 17.6. The zero-order chi connectivity index (χ0) is 17.7. The molecule has 0 bridgehead atoms. The Balaban J connectivity index is 1.61. The molecule has 1 heterocycles. The molecule has 25 heavy (non-hydrogen) atoms. The summed E-state index contributed by atoms with van der Waals surface area (Å²) in [6.07, 6.45) is 4.13. The maximum atomic E-state index is 12.8. The van der Waals surface area contributed by atoms with E-state index in [0.29, 0.717) is 6.54 Å². The van der Waals surface area contributed by atoms with Crippen LogP contribution >= 0.6 is 11.3 Å². The van der Waals surface area contributed by atoms with Crippen molar-refractivity contribution in [2.75, 3.05) is 25.5 Å². The lowest BCUT2D eigenvalue weighted by atomic mass is 9.83. The van der Waals surface area contributed by atoms with Crippen molar-refractivity contribution in [3.8, 4) is 11.8 Å². The number of carbonyl (C=O) groups is 1. The van der Waals surface area contributed by atoms with Crippen LogP contribution in [0.2, 0.25) is 0 Å². The van der Waals surface area contributed by atoms with Crippen LogP contribution in [-0.4, -0.2) is 26.5 Å². The highest BCUT2D eigenvalue weighted by Gasteiger charge is 2.43. The summed E-state index contributed by atoms with van der Waals surface area (Å²) >= 11 is 1.69. The van der Waals surface area contributed by atoms with E-state index in [1.54, 1.807) is 11.3 Å². The molecule has 0 saturated heterocycles. The molecular formula is C21H24N2OS. The van der Waals surface area contributed by atoms with E-state index in [-0.39, 0.29) is 11.3 Å². The van der Waals surface area contributed by atoms with Crippen LogP contribution in [0.1, 0.15) is 36.1 Å². The molecule has 1 N–H and O–H groups in total. The Bertz CT molecular complexity index is 760. The molecule has 3 rings (SSSR count). The third-order valence-electron chi connectivity index (χ3n) is 4.84. The van der Waals surface area contributed by atoms with Crippen LogP contribution in [-0.2, 0) is 10.2 Å². The van der Waals surface area contributed by atoms with Crippen LogP contribution in [0.4, 0.5) is 5.69 Å². The number of hydrogen-bond acceptors (Lipinski definition) is 3. The maximum absolute atomic E-state index is 12.8. The van der Waals surface area contributed by atoms with E-state index in [9.17, 15) is 4.79 Å². The quantitative estimate of drug-likeness (QED) is 0.849. The topological polar surface area (TPSA) is 32.3 Å². The van der Waals surface area contributed by atoms with Gasteiger partial charge < -0.3 is 10.2 Å². The lowest BCUT2D eigenvalue weighted by Crippen LogP contribution is -2.42. The predicted octanol–water partition coefficient (Wildman–Crippen LogP) is 3.79. The molecule has 1 amide bonds. The Labute approximate surface area is 154 Å². The highest BCUT2D eigenvalue weighted by molar-refractivity contribution is 7.10.